The Labute approximate surface area is 105 Å². The lowest BCUT2D eigenvalue weighted by molar-refractivity contribution is 0.266. The largest absolute Gasteiger partial charge is 0.496 e. The summed E-state index contributed by atoms with van der Waals surface area (Å²) in [5.41, 5.74) is 0.949. The van der Waals surface area contributed by atoms with Gasteiger partial charge in [0.2, 0.25) is 0 Å². The topological polar surface area (TPSA) is 71.8 Å². The molecule has 1 aromatic carbocycles. The van der Waals surface area contributed by atoms with Gasteiger partial charge in [0.25, 0.3) is 0 Å². The first-order valence-corrected chi connectivity index (χ1v) is 5.50. The lowest BCUT2D eigenvalue weighted by Gasteiger charge is -2.13. The normalized spacial score (nSPS) is 10.7. The van der Waals surface area contributed by atoms with Gasteiger partial charge in [-0.2, -0.15) is 0 Å². The third-order valence-electron chi connectivity index (χ3n) is 2.80. The van der Waals surface area contributed by atoms with Crippen LogP contribution in [0.2, 0.25) is 0 Å². The van der Waals surface area contributed by atoms with Crippen molar-refractivity contribution >= 4 is 10.8 Å². The Morgan fingerprint density at radius 1 is 1.06 bits per heavy atom. The summed E-state index contributed by atoms with van der Waals surface area (Å²) in [5, 5.41) is 20.1. The maximum absolute atomic E-state index is 9.40. The molecule has 18 heavy (non-hydrogen) atoms. The van der Waals surface area contributed by atoms with Gasteiger partial charge in [0.15, 0.2) is 0 Å². The van der Waals surface area contributed by atoms with Gasteiger partial charge in [-0.15, -0.1) is 0 Å². The Bertz CT molecular complexity index is 568. The molecule has 0 unspecified atom stereocenters. The van der Waals surface area contributed by atoms with Crippen molar-refractivity contribution in [3.63, 3.8) is 0 Å². The van der Waals surface area contributed by atoms with Crippen LogP contribution in [0.4, 0.5) is 0 Å². The van der Waals surface area contributed by atoms with E-state index in [0.717, 1.165) is 5.39 Å². The van der Waals surface area contributed by atoms with Crippen LogP contribution in [0.3, 0.4) is 0 Å². The Morgan fingerprint density at radius 2 is 1.72 bits per heavy atom. The predicted octanol–water partition coefficient (Wildman–Crippen LogP) is 1.24. The number of ether oxygens (including phenoxy) is 2. The first kappa shape index (κ1) is 12.6. The molecular weight excluding hydrogens is 234 g/mol. The molecule has 0 saturated heterocycles. The summed E-state index contributed by atoms with van der Waals surface area (Å²) in [4.78, 5) is 4.19. The highest BCUT2D eigenvalue weighted by Crippen LogP contribution is 2.35. The molecule has 0 aliphatic heterocycles. The van der Waals surface area contributed by atoms with E-state index in [1.807, 2.05) is 0 Å². The van der Waals surface area contributed by atoms with E-state index in [9.17, 15) is 10.2 Å². The third kappa shape index (κ3) is 1.98. The van der Waals surface area contributed by atoms with Gasteiger partial charge >= 0.3 is 0 Å². The number of benzene rings is 1. The maximum Gasteiger partial charge on any atom is 0.128 e. The summed E-state index contributed by atoms with van der Waals surface area (Å²) >= 11 is 0. The van der Waals surface area contributed by atoms with Crippen LogP contribution >= 0.6 is 0 Å². The van der Waals surface area contributed by atoms with Gasteiger partial charge in [0.05, 0.1) is 44.2 Å². The predicted molar refractivity (Wildman–Crippen MR) is 66.7 cm³/mol. The molecule has 0 atom stereocenters. The highest BCUT2D eigenvalue weighted by Gasteiger charge is 2.13. The lowest BCUT2D eigenvalue weighted by atomic mass is 10.1. The van der Waals surface area contributed by atoms with Gasteiger partial charge in [-0.25, -0.2) is 0 Å². The van der Waals surface area contributed by atoms with Crippen LogP contribution in [0.25, 0.3) is 10.8 Å². The van der Waals surface area contributed by atoms with Crippen LogP contribution in [0.5, 0.6) is 11.5 Å². The molecule has 0 bridgehead atoms. The summed E-state index contributed by atoms with van der Waals surface area (Å²) in [5.74, 6) is 1.27. The SMILES string of the molecule is COc1ccc(OC)c2c(CO)nc(CO)cc12. The van der Waals surface area contributed by atoms with Gasteiger partial charge in [-0.3, -0.25) is 4.98 Å². The summed E-state index contributed by atoms with van der Waals surface area (Å²) in [6, 6.07) is 5.28. The van der Waals surface area contributed by atoms with Crippen molar-refractivity contribution in [2.45, 2.75) is 13.2 Å². The summed E-state index contributed by atoms with van der Waals surface area (Å²) < 4.78 is 10.6. The van der Waals surface area contributed by atoms with E-state index in [1.165, 1.54) is 0 Å². The Balaban J connectivity index is 2.86. The number of fused-ring (bicyclic) bond motifs is 1. The molecule has 0 fully saturated rings. The molecular formula is C13H15NO4. The minimum atomic E-state index is -0.228. The van der Waals surface area contributed by atoms with Crippen molar-refractivity contribution in [1.82, 2.24) is 4.98 Å². The van der Waals surface area contributed by atoms with E-state index in [4.69, 9.17) is 9.47 Å². The summed E-state index contributed by atoms with van der Waals surface area (Å²) in [6.07, 6.45) is 0. The Morgan fingerprint density at radius 3 is 2.28 bits per heavy atom. The van der Waals surface area contributed by atoms with E-state index >= 15 is 0 Å². The van der Waals surface area contributed by atoms with Gasteiger partial charge < -0.3 is 19.7 Å². The third-order valence-corrected chi connectivity index (χ3v) is 2.80. The fraction of sp³-hybridized carbons (Fsp3) is 0.308. The van der Waals surface area contributed by atoms with Crippen LogP contribution in [0.15, 0.2) is 18.2 Å². The van der Waals surface area contributed by atoms with Crippen LogP contribution in [-0.2, 0) is 13.2 Å². The second-order valence-electron chi connectivity index (χ2n) is 3.77. The molecule has 2 aromatic rings. The van der Waals surface area contributed by atoms with Crippen molar-refractivity contribution in [2.24, 2.45) is 0 Å². The number of nitrogens with zero attached hydrogens (tertiary/aromatic N) is 1. The first-order chi connectivity index (χ1) is 8.74. The van der Waals surface area contributed by atoms with Crippen molar-refractivity contribution in [2.75, 3.05) is 14.2 Å². The molecule has 0 radical (unpaired) electrons. The molecule has 1 aromatic heterocycles. The number of methoxy groups -OCH3 is 2. The van der Waals surface area contributed by atoms with E-state index in [1.54, 1.807) is 32.4 Å². The van der Waals surface area contributed by atoms with Gasteiger partial charge in [-0.1, -0.05) is 0 Å². The van der Waals surface area contributed by atoms with E-state index < -0.39 is 0 Å². The molecule has 5 heteroatoms. The van der Waals surface area contributed by atoms with Crippen LogP contribution in [0, 0.1) is 0 Å². The molecule has 96 valence electrons. The van der Waals surface area contributed by atoms with Crippen LogP contribution < -0.4 is 9.47 Å². The number of aromatic nitrogens is 1. The van der Waals surface area contributed by atoms with Gasteiger partial charge in [-0.05, 0) is 18.2 Å². The van der Waals surface area contributed by atoms with E-state index in [0.29, 0.717) is 28.3 Å². The average molecular weight is 249 g/mol. The molecule has 1 heterocycles. The number of hydrogen-bond acceptors (Lipinski definition) is 5. The number of rotatable bonds is 4. The van der Waals surface area contributed by atoms with Crippen LogP contribution in [-0.4, -0.2) is 29.4 Å². The number of aliphatic hydroxyl groups excluding tert-OH is 2. The van der Waals surface area contributed by atoms with Crippen LogP contribution in [0.1, 0.15) is 11.4 Å². The fourth-order valence-electron chi connectivity index (χ4n) is 1.99. The fourth-order valence-corrected chi connectivity index (χ4v) is 1.99. The molecule has 0 saturated carbocycles. The Kier molecular flexibility index (Phi) is 3.64. The average Bonchev–Trinajstić information content (AvgIpc) is 2.44. The molecule has 5 nitrogen and oxygen atoms in total. The molecule has 0 amide bonds. The lowest BCUT2D eigenvalue weighted by Crippen LogP contribution is -2.00. The highest BCUT2D eigenvalue weighted by molar-refractivity contribution is 5.95. The zero-order chi connectivity index (χ0) is 13.1. The number of aliphatic hydroxyl groups is 2. The quantitative estimate of drug-likeness (QED) is 0.853. The van der Waals surface area contributed by atoms with E-state index in [-0.39, 0.29) is 13.2 Å². The molecule has 2 N–H and O–H groups in total. The van der Waals surface area contributed by atoms with Crippen molar-refractivity contribution in [3.8, 4) is 11.5 Å². The molecule has 0 aliphatic carbocycles. The summed E-state index contributed by atoms with van der Waals surface area (Å²) in [6.45, 7) is -0.419. The number of pyridine rings is 1. The zero-order valence-corrected chi connectivity index (χ0v) is 10.3. The zero-order valence-electron chi connectivity index (χ0n) is 10.3. The Hall–Kier alpha value is -1.85. The smallest absolute Gasteiger partial charge is 0.128 e. The first-order valence-electron chi connectivity index (χ1n) is 5.50. The van der Waals surface area contributed by atoms with Crippen molar-refractivity contribution in [3.05, 3.63) is 29.6 Å². The van der Waals surface area contributed by atoms with Crippen molar-refractivity contribution < 1.29 is 19.7 Å². The minimum absolute atomic E-state index is 0.191. The van der Waals surface area contributed by atoms with E-state index in [2.05, 4.69) is 4.98 Å². The second kappa shape index (κ2) is 5.20. The minimum Gasteiger partial charge on any atom is -0.496 e. The summed E-state index contributed by atoms with van der Waals surface area (Å²) in [7, 11) is 3.13. The monoisotopic (exact) mass is 249 g/mol. The molecule has 2 rings (SSSR count). The molecule has 0 spiro atoms. The maximum atomic E-state index is 9.40. The highest BCUT2D eigenvalue weighted by atomic mass is 16.5. The van der Waals surface area contributed by atoms with Crippen molar-refractivity contribution in [1.29, 1.82) is 0 Å². The van der Waals surface area contributed by atoms with Gasteiger partial charge in [0.1, 0.15) is 11.5 Å². The molecule has 0 aliphatic rings. The number of hydrogen-bond donors (Lipinski definition) is 2. The standard InChI is InChI=1S/C13H15NO4/c1-17-11-3-4-12(18-2)13-9(11)5-8(6-15)14-10(13)7-16/h3-5,15-16H,6-7H2,1-2H3. The second-order valence-corrected chi connectivity index (χ2v) is 3.77. The van der Waals surface area contributed by atoms with Gasteiger partial charge in [0, 0.05) is 5.39 Å².